The summed E-state index contributed by atoms with van der Waals surface area (Å²) >= 11 is 0. The van der Waals surface area contributed by atoms with Gasteiger partial charge in [0.2, 0.25) is 5.91 Å². The second-order valence-electron chi connectivity index (χ2n) is 7.08. The molecule has 2 atom stereocenters. The molecule has 126 valence electrons. The SMILES string of the molecule is C[C@H]1CN(C)CCN1C(=O)[C@@H]1CCCN(Cc2cccnc2)C1. The Kier molecular flexibility index (Phi) is 5.28. The van der Waals surface area contributed by atoms with Crippen LogP contribution in [0, 0.1) is 5.92 Å². The zero-order valence-corrected chi connectivity index (χ0v) is 14.3. The fourth-order valence-corrected chi connectivity index (χ4v) is 3.85. The first-order valence-electron chi connectivity index (χ1n) is 8.74. The van der Waals surface area contributed by atoms with Crippen LogP contribution in [0.2, 0.25) is 0 Å². The maximum Gasteiger partial charge on any atom is 0.227 e. The molecule has 2 saturated heterocycles. The molecule has 3 rings (SSSR count). The molecule has 1 aromatic heterocycles. The van der Waals surface area contributed by atoms with E-state index in [4.69, 9.17) is 0 Å². The van der Waals surface area contributed by atoms with Gasteiger partial charge >= 0.3 is 0 Å². The lowest BCUT2D eigenvalue weighted by Gasteiger charge is -2.41. The molecule has 2 fully saturated rings. The number of nitrogens with zero attached hydrogens (tertiary/aromatic N) is 4. The topological polar surface area (TPSA) is 39.7 Å². The first-order valence-corrected chi connectivity index (χ1v) is 8.74. The lowest BCUT2D eigenvalue weighted by Crippen LogP contribution is -2.55. The molecular formula is C18H28N4O. The third-order valence-corrected chi connectivity index (χ3v) is 5.10. The maximum atomic E-state index is 12.9. The average Bonchev–Trinajstić information content (AvgIpc) is 2.55. The highest BCUT2D eigenvalue weighted by Gasteiger charge is 2.33. The van der Waals surface area contributed by atoms with Gasteiger partial charge < -0.3 is 9.80 Å². The van der Waals surface area contributed by atoms with Crippen LogP contribution in [0.3, 0.4) is 0 Å². The summed E-state index contributed by atoms with van der Waals surface area (Å²) in [4.78, 5) is 24.0. The third kappa shape index (κ3) is 4.09. The molecule has 3 heterocycles. The summed E-state index contributed by atoms with van der Waals surface area (Å²) < 4.78 is 0. The summed E-state index contributed by atoms with van der Waals surface area (Å²) in [6.45, 7) is 7.87. The van der Waals surface area contributed by atoms with Gasteiger partial charge in [-0.3, -0.25) is 14.7 Å². The van der Waals surface area contributed by atoms with E-state index in [-0.39, 0.29) is 5.92 Å². The van der Waals surface area contributed by atoms with Crippen LogP contribution in [0.15, 0.2) is 24.5 Å². The van der Waals surface area contributed by atoms with E-state index in [1.807, 2.05) is 12.3 Å². The molecule has 2 aliphatic heterocycles. The van der Waals surface area contributed by atoms with E-state index in [2.05, 4.69) is 39.7 Å². The van der Waals surface area contributed by atoms with Crippen LogP contribution in [0.5, 0.6) is 0 Å². The molecule has 5 nitrogen and oxygen atoms in total. The van der Waals surface area contributed by atoms with Crippen molar-refractivity contribution in [1.82, 2.24) is 19.7 Å². The highest BCUT2D eigenvalue weighted by molar-refractivity contribution is 5.79. The predicted octanol–water partition coefficient (Wildman–Crippen LogP) is 1.46. The Hall–Kier alpha value is -1.46. The summed E-state index contributed by atoms with van der Waals surface area (Å²) in [6.07, 6.45) is 5.87. The number of hydrogen-bond acceptors (Lipinski definition) is 4. The van der Waals surface area contributed by atoms with Gasteiger partial charge in [0.1, 0.15) is 0 Å². The van der Waals surface area contributed by atoms with Gasteiger partial charge in [-0.25, -0.2) is 0 Å². The number of hydrogen-bond donors (Lipinski definition) is 0. The van der Waals surface area contributed by atoms with E-state index in [1.54, 1.807) is 6.20 Å². The van der Waals surface area contributed by atoms with Crippen LogP contribution in [-0.4, -0.2) is 71.4 Å². The van der Waals surface area contributed by atoms with Gasteiger partial charge in [0.15, 0.2) is 0 Å². The van der Waals surface area contributed by atoms with Gasteiger partial charge in [0.25, 0.3) is 0 Å². The zero-order valence-electron chi connectivity index (χ0n) is 14.3. The van der Waals surface area contributed by atoms with Crippen molar-refractivity contribution in [3.8, 4) is 0 Å². The number of rotatable bonds is 3. The minimum Gasteiger partial charge on any atom is -0.337 e. The summed E-state index contributed by atoms with van der Waals surface area (Å²) in [7, 11) is 2.13. The molecule has 0 radical (unpaired) electrons. The second kappa shape index (κ2) is 7.41. The van der Waals surface area contributed by atoms with E-state index in [0.29, 0.717) is 11.9 Å². The number of piperazine rings is 1. The number of amides is 1. The number of aromatic nitrogens is 1. The molecule has 0 N–H and O–H groups in total. The van der Waals surface area contributed by atoms with Gasteiger partial charge in [-0.2, -0.15) is 0 Å². The number of likely N-dealkylation sites (tertiary alicyclic amines) is 1. The van der Waals surface area contributed by atoms with Crippen molar-refractivity contribution in [1.29, 1.82) is 0 Å². The molecule has 5 heteroatoms. The molecule has 1 amide bonds. The summed E-state index contributed by atoms with van der Waals surface area (Å²) in [5, 5.41) is 0. The van der Waals surface area contributed by atoms with Crippen LogP contribution < -0.4 is 0 Å². The van der Waals surface area contributed by atoms with Crippen molar-refractivity contribution < 1.29 is 4.79 Å². The Morgan fingerprint density at radius 1 is 1.30 bits per heavy atom. The smallest absolute Gasteiger partial charge is 0.227 e. The lowest BCUT2D eigenvalue weighted by atomic mass is 9.95. The number of carbonyl (C=O) groups excluding carboxylic acids is 1. The predicted molar refractivity (Wildman–Crippen MR) is 90.9 cm³/mol. The van der Waals surface area contributed by atoms with E-state index in [9.17, 15) is 4.79 Å². The molecule has 0 unspecified atom stereocenters. The summed E-state index contributed by atoms with van der Waals surface area (Å²) in [5.74, 6) is 0.521. The molecule has 0 saturated carbocycles. The van der Waals surface area contributed by atoms with Crippen molar-refractivity contribution in [2.45, 2.75) is 32.4 Å². The highest BCUT2D eigenvalue weighted by Crippen LogP contribution is 2.22. The second-order valence-corrected chi connectivity index (χ2v) is 7.08. The van der Waals surface area contributed by atoms with Crippen molar-refractivity contribution >= 4 is 5.91 Å². The summed E-state index contributed by atoms with van der Waals surface area (Å²) in [5.41, 5.74) is 1.23. The minimum atomic E-state index is 0.159. The monoisotopic (exact) mass is 316 g/mol. The van der Waals surface area contributed by atoms with Gasteiger partial charge in [0, 0.05) is 51.2 Å². The molecule has 0 spiro atoms. The van der Waals surface area contributed by atoms with E-state index < -0.39 is 0 Å². The van der Waals surface area contributed by atoms with Crippen LogP contribution >= 0.6 is 0 Å². The largest absolute Gasteiger partial charge is 0.337 e. The standard InChI is InChI=1S/C18H28N4O/c1-15-12-20(2)9-10-22(15)18(23)17-6-4-8-21(14-17)13-16-5-3-7-19-11-16/h3,5,7,11,15,17H,4,6,8-10,12-14H2,1-2H3/t15-,17+/m0/s1. The number of pyridine rings is 1. The van der Waals surface area contributed by atoms with Crippen molar-refractivity contribution in [2.24, 2.45) is 5.92 Å². The minimum absolute atomic E-state index is 0.159. The molecule has 0 aliphatic carbocycles. The van der Waals surface area contributed by atoms with Gasteiger partial charge in [-0.15, -0.1) is 0 Å². The Morgan fingerprint density at radius 3 is 2.91 bits per heavy atom. The van der Waals surface area contributed by atoms with Crippen molar-refractivity contribution in [3.05, 3.63) is 30.1 Å². The number of piperidine rings is 1. The van der Waals surface area contributed by atoms with Gasteiger partial charge in [-0.1, -0.05) is 6.07 Å². The number of likely N-dealkylation sites (N-methyl/N-ethyl adjacent to an activating group) is 1. The molecule has 0 bridgehead atoms. The molecular weight excluding hydrogens is 288 g/mol. The number of carbonyl (C=O) groups is 1. The lowest BCUT2D eigenvalue weighted by molar-refractivity contribution is -0.141. The molecule has 1 aromatic rings. The average molecular weight is 316 g/mol. The van der Waals surface area contributed by atoms with Crippen LogP contribution in [0.4, 0.5) is 0 Å². The van der Waals surface area contributed by atoms with Gasteiger partial charge in [0.05, 0.1) is 5.92 Å². The highest BCUT2D eigenvalue weighted by atomic mass is 16.2. The fourth-order valence-electron chi connectivity index (χ4n) is 3.85. The van der Waals surface area contributed by atoms with Crippen LogP contribution in [0.25, 0.3) is 0 Å². The fraction of sp³-hybridized carbons (Fsp3) is 0.667. The summed E-state index contributed by atoms with van der Waals surface area (Å²) in [6, 6.07) is 4.42. The zero-order chi connectivity index (χ0) is 16.2. The molecule has 0 aromatic carbocycles. The van der Waals surface area contributed by atoms with Crippen molar-refractivity contribution in [3.63, 3.8) is 0 Å². The Bertz CT molecular complexity index is 521. The molecule has 23 heavy (non-hydrogen) atoms. The Labute approximate surface area is 139 Å². The molecule has 2 aliphatic rings. The van der Waals surface area contributed by atoms with Crippen molar-refractivity contribution in [2.75, 3.05) is 39.8 Å². The van der Waals surface area contributed by atoms with E-state index in [1.165, 1.54) is 5.56 Å². The van der Waals surface area contributed by atoms with Gasteiger partial charge in [-0.05, 0) is 45.0 Å². The van der Waals surface area contributed by atoms with Crippen LogP contribution in [-0.2, 0) is 11.3 Å². The maximum absolute atomic E-state index is 12.9. The Balaban J connectivity index is 1.58. The first kappa shape index (κ1) is 16.4. The quantitative estimate of drug-likeness (QED) is 0.846. The van der Waals surface area contributed by atoms with E-state index >= 15 is 0 Å². The van der Waals surface area contributed by atoms with E-state index in [0.717, 1.165) is 52.1 Å². The normalized spacial score (nSPS) is 27.1. The first-order chi connectivity index (χ1) is 11.1. The van der Waals surface area contributed by atoms with Crippen LogP contribution in [0.1, 0.15) is 25.3 Å². The Morgan fingerprint density at radius 2 is 2.17 bits per heavy atom. The third-order valence-electron chi connectivity index (χ3n) is 5.10.